The van der Waals surface area contributed by atoms with Crippen LogP contribution in [0.4, 0.5) is 0 Å². The molecule has 4 N–H and O–H groups in total. The largest absolute Gasteiger partial charge is 0.473 e. The highest BCUT2D eigenvalue weighted by Crippen LogP contribution is 2.17. The molecule has 2 heterocycles. The summed E-state index contributed by atoms with van der Waals surface area (Å²) in [5.74, 6) is -3.65. The summed E-state index contributed by atoms with van der Waals surface area (Å²) in [4.78, 5) is 21.5. The van der Waals surface area contributed by atoms with Gasteiger partial charge in [-0.25, -0.2) is 9.59 Å². The van der Waals surface area contributed by atoms with Crippen molar-refractivity contribution in [2.75, 3.05) is 6.54 Å². The summed E-state index contributed by atoms with van der Waals surface area (Å²) in [7, 11) is 2.08. The number of carbonyl (C=O) groups is 2. The molecule has 25 heavy (non-hydrogen) atoms. The summed E-state index contributed by atoms with van der Waals surface area (Å²) in [6.45, 7) is 1.92. The number of carboxylic acid groups (broad SMARTS) is 2. The average Bonchev–Trinajstić information content (AvgIpc) is 3.18. The molecule has 132 valence electrons. The Morgan fingerprint density at radius 3 is 2.48 bits per heavy atom. The molecule has 0 radical (unpaired) electrons. The minimum Gasteiger partial charge on any atom is -0.473 e. The molecule has 0 aliphatic rings. The maximum absolute atomic E-state index is 9.10. The topological polar surface area (TPSA) is 107 Å². The summed E-state index contributed by atoms with van der Waals surface area (Å²) in [5.41, 5.74) is 3.92. The number of nitrogens with one attached hydrogen (secondary N) is 2. The smallest absolute Gasteiger partial charge is 0.414 e. The van der Waals surface area contributed by atoms with Crippen molar-refractivity contribution in [3.63, 3.8) is 0 Å². The van der Waals surface area contributed by atoms with Crippen LogP contribution < -0.4 is 5.32 Å². The zero-order chi connectivity index (χ0) is 18.2. The number of aliphatic carboxylic acids is 2. The van der Waals surface area contributed by atoms with Crippen molar-refractivity contribution in [3.8, 4) is 0 Å². The van der Waals surface area contributed by atoms with Crippen molar-refractivity contribution < 1.29 is 19.8 Å². The first-order chi connectivity index (χ1) is 12.0. The second kappa shape index (κ2) is 8.70. The van der Waals surface area contributed by atoms with Crippen molar-refractivity contribution in [1.82, 2.24) is 14.9 Å². The first-order valence-electron chi connectivity index (χ1n) is 7.81. The summed E-state index contributed by atoms with van der Waals surface area (Å²) in [6.07, 6.45) is 5.25. The molecule has 7 heteroatoms. The minimum absolute atomic E-state index is 0.922. The van der Waals surface area contributed by atoms with E-state index < -0.39 is 11.9 Å². The molecule has 3 aromatic rings. The van der Waals surface area contributed by atoms with Gasteiger partial charge in [-0.05, 0) is 36.7 Å². The van der Waals surface area contributed by atoms with Gasteiger partial charge in [0.2, 0.25) is 0 Å². The Kier molecular flexibility index (Phi) is 6.36. The van der Waals surface area contributed by atoms with Crippen LogP contribution in [0.5, 0.6) is 0 Å². The van der Waals surface area contributed by atoms with Crippen LogP contribution in [0, 0.1) is 0 Å². The number of carboxylic acids is 2. The van der Waals surface area contributed by atoms with Gasteiger partial charge < -0.3 is 25.1 Å². The molecule has 0 saturated carbocycles. The standard InChI is InChI=1S/C16H19N3.C2H2O4/c1-19-10-4-5-14(19)12-17-9-8-13-11-18-16-7-3-2-6-15(13)16;3-1(4)2(5)6/h2-7,10-11,17-18H,8-9,12H2,1H3;(H,3,4)(H,5,6). The maximum atomic E-state index is 9.10. The van der Waals surface area contributed by atoms with Crippen molar-refractivity contribution in [3.05, 3.63) is 60.0 Å². The highest BCUT2D eigenvalue weighted by Gasteiger charge is 2.04. The Labute approximate surface area is 144 Å². The Morgan fingerprint density at radius 1 is 1.12 bits per heavy atom. The fourth-order valence-corrected chi connectivity index (χ4v) is 2.46. The Morgan fingerprint density at radius 2 is 1.84 bits per heavy atom. The van der Waals surface area contributed by atoms with Gasteiger partial charge in [-0.2, -0.15) is 0 Å². The van der Waals surface area contributed by atoms with Gasteiger partial charge in [0.1, 0.15) is 0 Å². The maximum Gasteiger partial charge on any atom is 0.414 e. The van der Waals surface area contributed by atoms with E-state index >= 15 is 0 Å². The van der Waals surface area contributed by atoms with Crippen LogP contribution in [0.3, 0.4) is 0 Å². The fraction of sp³-hybridized carbons (Fsp3) is 0.222. The van der Waals surface area contributed by atoms with Gasteiger partial charge >= 0.3 is 11.9 Å². The van der Waals surface area contributed by atoms with Gasteiger partial charge in [-0.3, -0.25) is 0 Å². The number of hydrogen-bond donors (Lipinski definition) is 4. The quantitative estimate of drug-likeness (QED) is 0.419. The third-order valence-corrected chi connectivity index (χ3v) is 3.79. The third-order valence-electron chi connectivity index (χ3n) is 3.79. The van der Waals surface area contributed by atoms with Gasteiger partial charge in [0.15, 0.2) is 0 Å². The highest BCUT2D eigenvalue weighted by atomic mass is 16.4. The van der Waals surface area contributed by atoms with E-state index in [1.165, 1.54) is 22.2 Å². The predicted molar refractivity (Wildman–Crippen MR) is 94.4 cm³/mol. The van der Waals surface area contributed by atoms with E-state index in [0.717, 1.165) is 19.5 Å². The lowest BCUT2D eigenvalue weighted by molar-refractivity contribution is -0.159. The molecule has 0 atom stereocenters. The number of fused-ring (bicyclic) bond motifs is 1. The number of rotatable bonds is 5. The Bertz CT molecular complexity index is 839. The van der Waals surface area contributed by atoms with E-state index in [2.05, 4.69) is 70.7 Å². The zero-order valence-electron chi connectivity index (χ0n) is 13.9. The van der Waals surface area contributed by atoms with Gasteiger partial charge in [-0.1, -0.05) is 18.2 Å². The van der Waals surface area contributed by atoms with E-state index in [9.17, 15) is 0 Å². The first kappa shape index (κ1) is 18.3. The lowest BCUT2D eigenvalue weighted by Crippen LogP contribution is -2.18. The predicted octanol–water partition coefficient (Wildman–Crippen LogP) is 1.99. The monoisotopic (exact) mass is 343 g/mol. The van der Waals surface area contributed by atoms with Crippen LogP contribution in [0.25, 0.3) is 10.9 Å². The minimum atomic E-state index is -1.82. The number of H-pyrrole nitrogens is 1. The molecule has 1 aromatic carbocycles. The SMILES string of the molecule is Cn1cccc1CNCCc1c[nH]c2ccccc12.O=C(O)C(=O)O. The number of para-hydroxylation sites is 1. The number of aryl methyl sites for hydroxylation is 1. The van der Waals surface area contributed by atoms with Crippen LogP contribution in [-0.4, -0.2) is 38.2 Å². The summed E-state index contributed by atoms with van der Waals surface area (Å²) in [6, 6.07) is 12.7. The van der Waals surface area contributed by atoms with Crippen molar-refractivity contribution in [2.45, 2.75) is 13.0 Å². The van der Waals surface area contributed by atoms with Crippen molar-refractivity contribution in [2.24, 2.45) is 7.05 Å². The molecule has 0 fully saturated rings. The van der Waals surface area contributed by atoms with Crippen LogP contribution in [0.1, 0.15) is 11.3 Å². The molecule has 0 aliphatic carbocycles. The average molecular weight is 343 g/mol. The summed E-state index contributed by atoms with van der Waals surface area (Å²) < 4.78 is 2.15. The molecule has 0 amide bonds. The lowest BCUT2D eigenvalue weighted by atomic mass is 10.1. The van der Waals surface area contributed by atoms with Crippen LogP contribution in [-0.2, 0) is 29.6 Å². The van der Waals surface area contributed by atoms with E-state index in [4.69, 9.17) is 19.8 Å². The lowest BCUT2D eigenvalue weighted by Gasteiger charge is -2.05. The number of aromatic amines is 1. The number of hydrogen-bond acceptors (Lipinski definition) is 3. The van der Waals surface area contributed by atoms with E-state index in [1.807, 2.05) is 0 Å². The van der Waals surface area contributed by atoms with E-state index in [-0.39, 0.29) is 0 Å². The molecule has 0 saturated heterocycles. The van der Waals surface area contributed by atoms with Crippen LogP contribution in [0.2, 0.25) is 0 Å². The molecular weight excluding hydrogens is 322 g/mol. The first-order valence-corrected chi connectivity index (χ1v) is 7.81. The molecule has 0 spiro atoms. The zero-order valence-corrected chi connectivity index (χ0v) is 13.9. The van der Waals surface area contributed by atoms with Gasteiger partial charge in [0, 0.05) is 42.6 Å². The van der Waals surface area contributed by atoms with Crippen molar-refractivity contribution in [1.29, 1.82) is 0 Å². The Hall–Kier alpha value is -3.06. The fourth-order valence-electron chi connectivity index (χ4n) is 2.46. The Balaban J connectivity index is 0.000000326. The van der Waals surface area contributed by atoms with Gasteiger partial charge in [0.25, 0.3) is 0 Å². The van der Waals surface area contributed by atoms with Gasteiger partial charge in [-0.15, -0.1) is 0 Å². The van der Waals surface area contributed by atoms with E-state index in [1.54, 1.807) is 0 Å². The second-order valence-corrected chi connectivity index (χ2v) is 5.51. The number of nitrogens with zero attached hydrogens (tertiary/aromatic N) is 1. The molecule has 0 bridgehead atoms. The molecule has 0 aliphatic heterocycles. The molecule has 2 aromatic heterocycles. The molecular formula is C18H21N3O4. The third kappa shape index (κ3) is 5.22. The second-order valence-electron chi connectivity index (χ2n) is 5.51. The molecule has 3 rings (SSSR count). The van der Waals surface area contributed by atoms with E-state index in [0.29, 0.717) is 0 Å². The molecule has 0 unspecified atom stereocenters. The normalized spacial score (nSPS) is 10.3. The number of aromatic nitrogens is 2. The summed E-state index contributed by atoms with van der Waals surface area (Å²) in [5, 5.41) is 19.6. The number of benzene rings is 1. The molecule has 7 nitrogen and oxygen atoms in total. The van der Waals surface area contributed by atoms with Crippen LogP contribution in [0.15, 0.2) is 48.8 Å². The van der Waals surface area contributed by atoms with Crippen LogP contribution >= 0.6 is 0 Å². The summed E-state index contributed by atoms with van der Waals surface area (Å²) >= 11 is 0. The highest BCUT2D eigenvalue weighted by molar-refractivity contribution is 6.27. The van der Waals surface area contributed by atoms with Crippen molar-refractivity contribution >= 4 is 22.8 Å². The van der Waals surface area contributed by atoms with Gasteiger partial charge in [0.05, 0.1) is 0 Å².